The van der Waals surface area contributed by atoms with E-state index in [0.29, 0.717) is 5.56 Å². The summed E-state index contributed by atoms with van der Waals surface area (Å²) in [4.78, 5) is 23.8. The lowest BCUT2D eigenvalue weighted by atomic mass is 9.92. The largest absolute Gasteiger partial charge is 0.392 e. The van der Waals surface area contributed by atoms with Crippen molar-refractivity contribution >= 4 is 11.7 Å². The Morgan fingerprint density at radius 1 is 1.45 bits per heavy atom. The smallest absolute Gasteiger partial charge is 0.231 e. The standard InChI is InChI=1S/C15H16N4O3/c1-8-4-3-5-10(6-8)13(21)11-7-19(18-17-11)14-12(9(2)20)15(22)16-14/h3-7,9,12,14,20H,1-2H3,(H,16,22)/t9-,12-,14-/m1/s1. The lowest BCUT2D eigenvalue weighted by Gasteiger charge is -2.37. The zero-order valence-electron chi connectivity index (χ0n) is 12.2. The van der Waals surface area contributed by atoms with Gasteiger partial charge in [0.2, 0.25) is 11.7 Å². The molecule has 1 fully saturated rings. The van der Waals surface area contributed by atoms with Crippen LogP contribution < -0.4 is 5.32 Å². The van der Waals surface area contributed by atoms with Crippen molar-refractivity contribution in [2.75, 3.05) is 0 Å². The van der Waals surface area contributed by atoms with E-state index in [1.165, 1.54) is 10.9 Å². The van der Waals surface area contributed by atoms with E-state index < -0.39 is 18.2 Å². The van der Waals surface area contributed by atoms with Crippen LogP contribution in [0.5, 0.6) is 0 Å². The Labute approximate surface area is 126 Å². The van der Waals surface area contributed by atoms with E-state index in [0.717, 1.165) is 5.56 Å². The summed E-state index contributed by atoms with van der Waals surface area (Å²) >= 11 is 0. The molecule has 7 nitrogen and oxygen atoms in total. The molecule has 0 saturated carbocycles. The van der Waals surface area contributed by atoms with Crippen LogP contribution >= 0.6 is 0 Å². The van der Waals surface area contributed by atoms with Gasteiger partial charge in [-0.05, 0) is 19.9 Å². The highest BCUT2D eigenvalue weighted by atomic mass is 16.3. The summed E-state index contributed by atoms with van der Waals surface area (Å²) in [7, 11) is 0. The minimum absolute atomic E-state index is 0.205. The van der Waals surface area contributed by atoms with Gasteiger partial charge in [0, 0.05) is 5.56 Å². The number of hydrogen-bond acceptors (Lipinski definition) is 5. The molecule has 2 N–H and O–H groups in total. The number of aliphatic hydroxyl groups is 1. The number of carbonyl (C=O) groups is 2. The maximum absolute atomic E-state index is 12.4. The predicted octanol–water partition coefficient (Wildman–Crippen LogP) is 0.443. The van der Waals surface area contributed by atoms with Crippen LogP contribution in [0, 0.1) is 12.8 Å². The molecule has 7 heteroatoms. The van der Waals surface area contributed by atoms with Gasteiger partial charge in [0.15, 0.2) is 5.69 Å². The highest BCUT2D eigenvalue weighted by molar-refractivity contribution is 6.07. The number of aryl methyl sites for hydroxylation is 1. The van der Waals surface area contributed by atoms with E-state index in [1.807, 2.05) is 19.1 Å². The summed E-state index contributed by atoms with van der Waals surface area (Å²) in [5.74, 6) is -1.04. The Bertz CT molecular complexity index is 738. The number of benzene rings is 1. The van der Waals surface area contributed by atoms with Crippen LogP contribution in [0.3, 0.4) is 0 Å². The monoisotopic (exact) mass is 300 g/mol. The number of carbonyl (C=O) groups excluding carboxylic acids is 2. The fourth-order valence-corrected chi connectivity index (χ4v) is 2.54. The number of nitrogens with one attached hydrogen (secondary N) is 1. The minimum atomic E-state index is -0.793. The molecule has 0 aliphatic carbocycles. The van der Waals surface area contributed by atoms with Crippen molar-refractivity contribution in [1.29, 1.82) is 0 Å². The SMILES string of the molecule is Cc1cccc(C(=O)c2cn([C@H]3NC(=O)[C@@H]3[C@@H](C)O)nn2)c1. The van der Waals surface area contributed by atoms with Crippen LogP contribution in [-0.4, -0.2) is 37.9 Å². The molecule has 2 heterocycles. The van der Waals surface area contributed by atoms with E-state index in [4.69, 9.17) is 0 Å². The van der Waals surface area contributed by atoms with Gasteiger partial charge in [-0.15, -0.1) is 5.10 Å². The maximum Gasteiger partial charge on any atom is 0.231 e. The van der Waals surface area contributed by atoms with Gasteiger partial charge in [-0.3, -0.25) is 9.59 Å². The molecule has 1 aromatic heterocycles. The number of nitrogens with zero attached hydrogens (tertiary/aromatic N) is 3. The normalized spacial score (nSPS) is 21.9. The molecule has 2 aromatic rings. The molecule has 22 heavy (non-hydrogen) atoms. The van der Waals surface area contributed by atoms with E-state index >= 15 is 0 Å². The first-order valence-electron chi connectivity index (χ1n) is 6.99. The highest BCUT2D eigenvalue weighted by Gasteiger charge is 2.44. The van der Waals surface area contributed by atoms with E-state index in [9.17, 15) is 14.7 Å². The van der Waals surface area contributed by atoms with Gasteiger partial charge in [0.05, 0.1) is 12.3 Å². The van der Waals surface area contributed by atoms with Crippen molar-refractivity contribution < 1.29 is 14.7 Å². The van der Waals surface area contributed by atoms with Gasteiger partial charge >= 0.3 is 0 Å². The van der Waals surface area contributed by atoms with Gasteiger partial charge in [-0.25, -0.2) is 4.68 Å². The number of rotatable bonds is 4. The molecule has 114 valence electrons. The second-order valence-electron chi connectivity index (χ2n) is 5.50. The molecule has 3 atom stereocenters. The minimum Gasteiger partial charge on any atom is -0.392 e. The number of aliphatic hydroxyl groups excluding tert-OH is 1. The van der Waals surface area contributed by atoms with Crippen molar-refractivity contribution in [3.63, 3.8) is 0 Å². The fraction of sp³-hybridized carbons (Fsp3) is 0.333. The highest BCUT2D eigenvalue weighted by Crippen LogP contribution is 2.27. The maximum atomic E-state index is 12.4. The van der Waals surface area contributed by atoms with Gasteiger partial charge < -0.3 is 10.4 Å². The van der Waals surface area contributed by atoms with Crippen LogP contribution in [0.1, 0.15) is 34.7 Å². The molecule has 0 bridgehead atoms. The van der Waals surface area contributed by atoms with E-state index in [2.05, 4.69) is 15.6 Å². The molecule has 0 unspecified atom stereocenters. The molecule has 3 rings (SSSR count). The second-order valence-corrected chi connectivity index (χ2v) is 5.50. The first-order valence-corrected chi connectivity index (χ1v) is 6.99. The zero-order valence-corrected chi connectivity index (χ0v) is 12.2. The quantitative estimate of drug-likeness (QED) is 0.631. The molecular weight excluding hydrogens is 284 g/mol. The molecule has 1 aromatic carbocycles. The third-order valence-corrected chi connectivity index (χ3v) is 3.76. The molecule has 1 saturated heterocycles. The summed E-state index contributed by atoms with van der Waals surface area (Å²) in [6, 6.07) is 7.22. The summed E-state index contributed by atoms with van der Waals surface area (Å²) in [6.07, 6.45) is 0.224. The number of ketones is 1. The topological polar surface area (TPSA) is 97.1 Å². The van der Waals surface area contributed by atoms with Crippen LogP contribution in [-0.2, 0) is 4.79 Å². The molecule has 1 aliphatic rings. The molecule has 0 spiro atoms. The van der Waals surface area contributed by atoms with Crippen molar-refractivity contribution in [3.05, 3.63) is 47.3 Å². The Hall–Kier alpha value is -2.54. The number of β-lactam (4-membered cyclic amide) rings is 1. The third-order valence-electron chi connectivity index (χ3n) is 3.76. The Balaban J connectivity index is 1.82. The molecular formula is C15H16N4O3. The first-order chi connectivity index (χ1) is 10.5. The number of hydrogen-bond donors (Lipinski definition) is 2. The van der Waals surface area contributed by atoms with Crippen molar-refractivity contribution in [2.24, 2.45) is 5.92 Å². The molecule has 1 amide bonds. The van der Waals surface area contributed by atoms with Crippen LogP contribution in [0.15, 0.2) is 30.5 Å². The van der Waals surface area contributed by atoms with Crippen LogP contribution in [0.2, 0.25) is 0 Å². The molecule has 0 radical (unpaired) electrons. The van der Waals surface area contributed by atoms with E-state index in [1.54, 1.807) is 19.1 Å². The second kappa shape index (κ2) is 5.34. The van der Waals surface area contributed by atoms with Crippen molar-refractivity contribution in [1.82, 2.24) is 20.3 Å². The summed E-state index contributed by atoms with van der Waals surface area (Å²) in [5.41, 5.74) is 1.73. The Morgan fingerprint density at radius 2 is 2.23 bits per heavy atom. The predicted molar refractivity (Wildman–Crippen MR) is 77.0 cm³/mol. The van der Waals surface area contributed by atoms with Gasteiger partial charge in [0.25, 0.3) is 0 Å². The summed E-state index contributed by atoms with van der Waals surface area (Å²) in [6.45, 7) is 3.46. The third kappa shape index (κ3) is 2.39. The Kier molecular flexibility index (Phi) is 3.50. The van der Waals surface area contributed by atoms with Crippen molar-refractivity contribution in [3.8, 4) is 0 Å². The Morgan fingerprint density at radius 3 is 2.86 bits per heavy atom. The number of amides is 1. The first kappa shape index (κ1) is 14.4. The average Bonchev–Trinajstić information content (AvgIpc) is 2.92. The van der Waals surface area contributed by atoms with Crippen LogP contribution in [0.25, 0.3) is 0 Å². The van der Waals surface area contributed by atoms with Gasteiger partial charge in [-0.1, -0.05) is 29.0 Å². The fourth-order valence-electron chi connectivity index (χ4n) is 2.54. The molecule has 1 aliphatic heterocycles. The van der Waals surface area contributed by atoms with Gasteiger partial charge in [0.1, 0.15) is 12.1 Å². The van der Waals surface area contributed by atoms with Crippen molar-refractivity contribution in [2.45, 2.75) is 26.1 Å². The average molecular weight is 300 g/mol. The van der Waals surface area contributed by atoms with E-state index in [-0.39, 0.29) is 17.4 Å². The van der Waals surface area contributed by atoms with Gasteiger partial charge in [-0.2, -0.15) is 0 Å². The zero-order chi connectivity index (χ0) is 15.9. The number of aromatic nitrogens is 3. The van der Waals surface area contributed by atoms with Crippen LogP contribution in [0.4, 0.5) is 0 Å². The summed E-state index contributed by atoms with van der Waals surface area (Å²) < 4.78 is 1.40. The lowest BCUT2D eigenvalue weighted by molar-refractivity contribution is -0.145. The lowest BCUT2D eigenvalue weighted by Crippen LogP contribution is -2.58. The summed E-state index contributed by atoms with van der Waals surface area (Å²) in [5, 5.41) is 20.0.